The molecule has 0 aliphatic rings. The molecule has 0 unspecified atom stereocenters. The van der Waals surface area contributed by atoms with Crippen molar-refractivity contribution in [3.8, 4) is 28.6 Å². The number of carbonyl (C=O) groups excluding carboxylic acids is 1. The van der Waals surface area contributed by atoms with Crippen molar-refractivity contribution in [2.75, 3.05) is 20.0 Å². The van der Waals surface area contributed by atoms with E-state index in [1.54, 1.807) is 49.6 Å². The SMILES string of the molecule is COc1ccc(C=NNC(=O)c2nnn(-c3nonc3N)c2-c2ccccc2Cl)c(OC)c1. The molecular weight excluding hydrogens is 452 g/mol. The van der Waals surface area contributed by atoms with Gasteiger partial charge in [0, 0.05) is 17.2 Å². The first-order valence-electron chi connectivity index (χ1n) is 9.38. The Morgan fingerprint density at radius 1 is 1.21 bits per heavy atom. The van der Waals surface area contributed by atoms with Gasteiger partial charge in [0.2, 0.25) is 11.6 Å². The highest BCUT2D eigenvalue weighted by Gasteiger charge is 2.26. The summed E-state index contributed by atoms with van der Waals surface area (Å²) in [5.74, 6) is 0.516. The Morgan fingerprint density at radius 2 is 2.03 bits per heavy atom. The highest BCUT2D eigenvalue weighted by molar-refractivity contribution is 6.33. The topological polar surface area (TPSA) is 156 Å². The molecule has 12 nitrogen and oxygen atoms in total. The largest absolute Gasteiger partial charge is 0.497 e. The van der Waals surface area contributed by atoms with E-state index in [9.17, 15) is 4.79 Å². The summed E-state index contributed by atoms with van der Waals surface area (Å²) in [6, 6.07) is 12.0. The fraction of sp³-hybridized carbons (Fsp3) is 0.100. The van der Waals surface area contributed by atoms with Crippen LogP contribution in [0.4, 0.5) is 5.82 Å². The van der Waals surface area contributed by atoms with Crippen LogP contribution in [0.2, 0.25) is 5.02 Å². The number of hydrogen-bond acceptors (Lipinski definition) is 10. The van der Waals surface area contributed by atoms with Gasteiger partial charge in [-0.05, 0) is 28.5 Å². The van der Waals surface area contributed by atoms with Gasteiger partial charge in [-0.25, -0.2) is 10.1 Å². The summed E-state index contributed by atoms with van der Waals surface area (Å²) < 4.78 is 16.4. The second-order valence-corrected chi connectivity index (χ2v) is 6.87. The molecule has 0 radical (unpaired) electrons. The van der Waals surface area contributed by atoms with Crippen molar-refractivity contribution in [2.24, 2.45) is 5.10 Å². The van der Waals surface area contributed by atoms with Gasteiger partial charge in [-0.3, -0.25) is 4.79 Å². The Kier molecular flexibility index (Phi) is 6.17. The van der Waals surface area contributed by atoms with Crippen LogP contribution in [0.25, 0.3) is 17.1 Å². The molecule has 168 valence electrons. The number of nitrogens with zero attached hydrogens (tertiary/aromatic N) is 6. The van der Waals surface area contributed by atoms with Crippen molar-refractivity contribution in [3.63, 3.8) is 0 Å². The van der Waals surface area contributed by atoms with Crippen LogP contribution in [0.5, 0.6) is 11.5 Å². The lowest BCUT2D eigenvalue weighted by Crippen LogP contribution is -2.19. The minimum absolute atomic E-state index is 0.0372. The van der Waals surface area contributed by atoms with Gasteiger partial charge >= 0.3 is 0 Å². The van der Waals surface area contributed by atoms with Crippen molar-refractivity contribution in [3.05, 3.63) is 58.7 Å². The highest BCUT2D eigenvalue weighted by atomic mass is 35.5. The van der Waals surface area contributed by atoms with Crippen molar-refractivity contribution < 1.29 is 18.9 Å². The van der Waals surface area contributed by atoms with E-state index in [1.165, 1.54) is 18.0 Å². The zero-order valence-electron chi connectivity index (χ0n) is 17.4. The van der Waals surface area contributed by atoms with Gasteiger partial charge in [-0.15, -0.1) is 5.10 Å². The van der Waals surface area contributed by atoms with Crippen molar-refractivity contribution in [1.29, 1.82) is 0 Å². The predicted molar refractivity (Wildman–Crippen MR) is 119 cm³/mol. The first-order chi connectivity index (χ1) is 16.0. The molecule has 4 rings (SSSR count). The van der Waals surface area contributed by atoms with Gasteiger partial charge in [-0.1, -0.05) is 35.0 Å². The van der Waals surface area contributed by atoms with Crippen LogP contribution in [-0.2, 0) is 0 Å². The Morgan fingerprint density at radius 3 is 2.73 bits per heavy atom. The van der Waals surface area contributed by atoms with Gasteiger partial charge in [0.1, 0.15) is 17.2 Å². The molecule has 0 saturated heterocycles. The molecule has 1 amide bonds. The molecule has 0 spiro atoms. The Hall–Kier alpha value is -4.45. The second-order valence-electron chi connectivity index (χ2n) is 6.46. The normalized spacial score (nSPS) is 11.0. The highest BCUT2D eigenvalue weighted by Crippen LogP contribution is 2.31. The van der Waals surface area contributed by atoms with Gasteiger partial charge < -0.3 is 15.2 Å². The number of amides is 1. The third kappa shape index (κ3) is 4.32. The Balaban J connectivity index is 1.68. The van der Waals surface area contributed by atoms with Gasteiger partial charge in [0.05, 0.1) is 25.5 Å². The molecule has 0 atom stereocenters. The molecule has 0 aliphatic carbocycles. The lowest BCUT2D eigenvalue weighted by molar-refractivity contribution is 0.0950. The van der Waals surface area contributed by atoms with Crippen LogP contribution in [0, 0.1) is 0 Å². The smallest absolute Gasteiger partial charge is 0.294 e. The fourth-order valence-electron chi connectivity index (χ4n) is 2.95. The summed E-state index contributed by atoms with van der Waals surface area (Å²) in [5, 5.41) is 19.6. The van der Waals surface area contributed by atoms with E-state index in [2.05, 4.69) is 35.8 Å². The third-order valence-electron chi connectivity index (χ3n) is 4.52. The van der Waals surface area contributed by atoms with Gasteiger partial charge in [0.25, 0.3) is 5.91 Å². The van der Waals surface area contributed by atoms with Crippen LogP contribution < -0.4 is 20.6 Å². The first-order valence-corrected chi connectivity index (χ1v) is 9.75. The number of halogens is 1. The summed E-state index contributed by atoms with van der Waals surface area (Å²) in [6.45, 7) is 0. The standard InChI is InChI=1S/C20H17ClN8O4/c1-31-12-8-7-11(15(9-12)32-2)10-23-25-20(30)16-17(13-5-3-4-6-14(13)21)29(28-24-16)19-18(22)26-33-27-19/h3-10H,1-2H3,(H2,22,26)(H,25,30). The monoisotopic (exact) mass is 468 g/mol. The Labute approximate surface area is 191 Å². The molecule has 13 heteroatoms. The van der Waals surface area contributed by atoms with Gasteiger partial charge in [-0.2, -0.15) is 9.78 Å². The summed E-state index contributed by atoms with van der Waals surface area (Å²) >= 11 is 6.36. The first kappa shape index (κ1) is 21.8. The number of hydrogen-bond donors (Lipinski definition) is 2. The maximum Gasteiger partial charge on any atom is 0.294 e. The number of methoxy groups -OCH3 is 2. The number of carbonyl (C=O) groups is 1. The molecule has 0 fully saturated rings. The number of anilines is 1. The lowest BCUT2D eigenvalue weighted by atomic mass is 10.1. The Bertz CT molecular complexity index is 1330. The molecule has 2 heterocycles. The third-order valence-corrected chi connectivity index (χ3v) is 4.85. The summed E-state index contributed by atoms with van der Waals surface area (Å²) in [7, 11) is 3.07. The number of nitrogens with two attached hydrogens (primary N) is 1. The number of rotatable bonds is 7. The number of nitrogens with one attached hydrogen (secondary N) is 1. The molecular formula is C20H17ClN8O4. The molecule has 0 aliphatic heterocycles. The summed E-state index contributed by atoms with van der Waals surface area (Å²) in [4.78, 5) is 12.9. The van der Waals surface area contributed by atoms with E-state index < -0.39 is 5.91 Å². The number of ether oxygens (including phenoxy) is 2. The number of nitrogen functional groups attached to an aromatic ring is 1. The fourth-order valence-corrected chi connectivity index (χ4v) is 3.18. The average Bonchev–Trinajstić information content (AvgIpc) is 3.45. The molecule has 2 aromatic heterocycles. The quantitative estimate of drug-likeness (QED) is 0.307. The molecule has 33 heavy (non-hydrogen) atoms. The van der Waals surface area contributed by atoms with E-state index in [4.69, 9.17) is 26.8 Å². The zero-order chi connectivity index (χ0) is 23.4. The number of hydrazone groups is 1. The van der Waals surface area contributed by atoms with Crippen LogP contribution in [0.3, 0.4) is 0 Å². The molecule has 3 N–H and O–H groups in total. The van der Waals surface area contributed by atoms with Crippen LogP contribution >= 0.6 is 11.6 Å². The summed E-state index contributed by atoms with van der Waals surface area (Å²) in [5.41, 5.74) is 9.48. The second kappa shape index (κ2) is 9.36. The maximum absolute atomic E-state index is 12.9. The number of aromatic nitrogens is 5. The molecule has 4 aromatic rings. The minimum Gasteiger partial charge on any atom is -0.497 e. The molecule has 2 aromatic carbocycles. The van der Waals surface area contributed by atoms with Crippen molar-refractivity contribution in [2.45, 2.75) is 0 Å². The van der Waals surface area contributed by atoms with Crippen LogP contribution in [0.1, 0.15) is 16.1 Å². The van der Waals surface area contributed by atoms with Gasteiger partial charge in [0.15, 0.2) is 5.69 Å². The predicted octanol–water partition coefficient (Wildman–Crippen LogP) is 2.33. The van der Waals surface area contributed by atoms with Crippen LogP contribution in [0.15, 0.2) is 52.2 Å². The zero-order valence-corrected chi connectivity index (χ0v) is 18.1. The molecule has 0 saturated carbocycles. The van der Waals surface area contributed by atoms with Crippen molar-refractivity contribution >= 4 is 29.5 Å². The number of benzene rings is 2. The van der Waals surface area contributed by atoms with E-state index in [-0.39, 0.29) is 23.0 Å². The minimum atomic E-state index is -0.644. The van der Waals surface area contributed by atoms with Crippen LogP contribution in [-0.4, -0.2) is 51.6 Å². The van der Waals surface area contributed by atoms with E-state index in [0.29, 0.717) is 27.6 Å². The maximum atomic E-state index is 12.9. The lowest BCUT2D eigenvalue weighted by Gasteiger charge is -2.08. The van der Waals surface area contributed by atoms with E-state index in [0.717, 1.165) is 0 Å². The van der Waals surface area contributed by atoms with E-state index in [1.807, 2.05) is 0 Å². The summed E-state index contributed by atoms with van der Waals surface area (Å²) in [6.07, 6.45) is 1.43. The van der Waals surface area contributed by atoms with Crippen molar-refractivity contribution in [1.82, 2.24) is 30.7 Å². The van der Waals surface area contributed by atoms with E-state index >= 15 is 0 Å². The molecule has 0 bridgehead atoms. The average molecular weight is 469 g/mol.